The number of nitrogens with zero attached hydrogens (tertiary/aromatic N) is 2. The topological polar surface area (TPSA) is 64.3 Å². The van der Waals surface area contributed by atoms with Crippen LogP contribution in [0.3, 0.4) is 0 Å². The maximum atomic E-state index is 10.8. The third-order valence-corrected chi connectivity index (χ3v) is 3.55. The minimum atomic E-state index is -0.946. The molecule has 1 N–H and O–H groups in total. The van der Waals surface area contributed by atoms with E-state index in [0.29, 0.717) is 21.5 Å². The fourth-order valence-electron chi connectivity index (χ4n) is 2.07. The number of fused-ring (bicyclic) bond motifs is 1. The molecule has 0 amide bonds. The highest BCUT2D eigenvalue weighted by Gasteiger charge is 2.09. The lowest BCUT2D eigenvalue weighted by molar-refractivity contribution is -0.137. The molecule has 0 aliphatic rings. The summed E-state index contributed by atoms with van der Waals surface area (Å²) in [7, 11) is 0. The van der Waals surface area contributed by atoms with Crippen molar-refractivity contribution in [3.8, 4) is 11.5 Å². The molecule has 5 nitrogen and oxygen atoms in total. The van der Waals surface area contributed by atoms with E-state index in [1.165, 1.54) is 4.68 Å². The van der Waals surface area contributed by atoms with Crippen LogP contribution < -0.4 is 4.74 Å². The standard InChI is InChI=1S/C15H10Cl2N2O3/c16-10-1-4-14(12(17)6-10)22-11-2-3-13-9(5-11)7-18-19(13)8-15(20)21/h1-7H,8H2,(H,20,21). The molecular formula is C15H10Cl2N2O3. The predicted molar refractivity (Wildman–Crippen MR) is 83.9 cm³/mol. The Morgan fingerprint density at radius 2 is 2.05 bits per heavy atom. The molecule has 0 radical (unpaired) electrons. The number of aliphatic carboxylic acids is 1. The van der Waals surface area contributed by atoms with E-state index in [9.17, 15) is 4.79 Å². The van der Waals surface area contributed by atoms with E-state index >= 15 is 0 Å². The molecule has 0 saturated heterocycles. The van der Waals surface area contributed by atoms with Gasteiger partial charge in [-0.15, -0.1) is 0 Å². The Morgan fingerprint density at radius 1 is 1.23 bits per heavy atom. The number of hydrogen-bond acceptors (Lipinski definition) is 3. The van der Waals surface area contributed by atoms with Crippen LogP contribution in [0, 0.1) is 0 Å². The summed E-state index contributed by atoms with van der Waals surface area (Å²) in [5.41, 5.74) is 0.719. The second-order valence-electron chi connectivity index (χ2n) is 4.59. The lowest BCUT2D eigenvalue weighted by Crippen LogP contribution is -2.09. The van der Waals surface area contributed by atoms with Crippen LogP contribution >= 0.6 is 23.2 Å². The molecule has 3 aromatic rings. The smallest absolute Gasteiger partial charge is 0.325 e. The average molecular weight is 337 g/mol. The first-order valence-corrected chi connectivity index (χ1v) is 7.09. The van der Waals surface area contributed by atoms with Crippen LogP contribution in [0.4, 0.5) is 0 Å². The van der Waals surface area contributed by atoms with Crippen molar-refractivity contribution in [2.75, 3.05) is 0 Å². The molecular weight excluding hydrogens is 327 g/mol. The van der Waals surface area contributed by atoms with Gasteiger partial charge < -0.3 is 9.84 Å². The largest absolute Gasteiger partial charge is 0.480 e. The third kappa shape index (κ3) is 3.00. The molecule has 0 spiro atoms. The minimum absolute atomic E-state index is 0.188. The second-order valence-corrected chi connectivity index (χ2v) is 5.44. The number of halogens is 2. The maximum Gasteiger partial charge on any atom is 0.325 e. The minimum Gasteiger partial charge on any atom is -0.480 e. The first-order chi connectivity index (χ1) is 10.5. The van der Waals surface area contributed by atoms with Gasteiger partial charge in [0, 0.05) is 10.4 Å². The molecule has 1 heterocycles. The van der Waals surface area contributed by atoms with E-state index in [0.717, 1.165) is 10.9 Å². The fraction of sp³-hybridized carbons (Fsp3) is 0.0667. The molecule has 3 rings (SSSR count). The van der Waals surface area contributed by atoms with E-state index in [4.69, 9.17) is 33.0 Å². The number of ether oxygens (including phenoxy) is 1. The molecule has 2 aromatic carbocycles. The Balaban J connectivity index is 1.90. The summed E-state index contributed by atoms with van der Waals surface area (Å²) in [5.74, 6) is 0.119. The van der Waals surface area contributed by atoms with Gasteiger partial charge in [0.2, 0.25) is 0 Å². The zero-order valence-corrected chi connectivity index (χ0v) is 12.7. The Kier molecular flexibility index (Phi) is 3.92. The quantitative estimate of drug-likeness (QED) is 0.774. The van der Waals surface area contributed by atoms with Gasteiger partial charge in [-0.2, -0.15) is 5.10 Å². The predicted octanol–water partition coefficient (Wildman–Crippen LogP) is 4.22. The number of carbonyl (C=O) groups is 1. The van der Waals surface area contributed by atoms with E-state index < -0.39 is 5.97 Å². The van der Waals surface area contributed by atoms with E-state index in [2.05, 4.69) is 5.10 Å². The highest BCUT2D eigenvalue weighted by atomic mass is 35.5. The van der Waals surface area contributed by atoms with Gasteiger partial charge in [-0.3, -0.25) is 9.48 Å². The van der Waals surface area contributed by atoms with Crippen molar-refractivity contribution in [2.24, 2.45) is 0 Å². The van der Waals surface area contributed by atoms with Crippen molar-refractivity contribution in [2.45, 2.75) is 6.54 Å². The van der Waals surface area contributed by atoms with Crippen molar-refractivity contribution in [1.82, 2.24) is 9.78 Å². The van der Waals surface area contributed by atoms with E-state index in [1.54, 1.807) is 42.6 Å². The van der Waals surface area contributed by atoms with Gasteiger partial charge in [-0.25, -0.2) is 0 Å². The van der Waals surface area contributed by atoms with Crippen LogP contribution in [0.2, 0.25) is 10.0 Å². The van der Waals surface area contributed by atoms with Crippen molar-refractivity contribution >= 4 is 40.1 Å². The van der Waals surface area contributed by atoms with Gasteiger partial charge >= 0.3 is 5.97 Å². The van der Waals surface area contributed by atoms with Crippen molar-refractivity contribution in [3.05, 3.63) is 52.6 Å². The number of hydrogen-bond donors (Lipinski definition) is 1. The summed E-state index contributed by atoms with van der Waals surface area (Å²) in [4.78, 5) is 10.8. The number of carboxylic acids is 1. The summed E-state index contributed by atoms with van der Waals surface area (Å²) < 4.78 is 7.13. The van der Waals surface area contributed by atoms with Gasteiger partial charge in [0.05, 0.1) is 16.7 Å². The highest BCUT2D eigenvalue weighted by Crippen LogP contribution is 2.32. The molecule has 0 bridgehead atoms. The fourth-order valence-corrected chi connectivity index (χ4v) is 2.51. The van der Waals surface area contributed by atoms with Crippen LogP contribution in [-0.4, -0.2) is 20.9 Å². The molecule has 22 heavy (non-hydrogen) atoms. The van der Waals surface area contributed by atoms with Crippen molar-refractivity contribution in [1.29, 1.82) is 0 Å². The summed E-state index contributed by atoms with van der Waals surface area (Å²) in [6.45, 7) is -0.188. The monoisotopic (exact) mass is 336 g/mol. The van der Waals surface area contributed by atoms with Crippen LogP contribution in [0.15, 0.2) is 42.6 Å². The summed E-state index contributed by atoms with van der Waals surface area (Å²) >= 11 is 11.9. The lowest BCUT2D eigenvalue weighted by Gasteiger charge is -2.08. The summed E-state index contributed by atoms with van der Waals surface area (Å²) in [6.07, 6.45) is 1.59. The number of benzene rings is 2. The van der Waals surface area contributed by atoms with Crippen molar-refractivity contribution in [3.63, 3.8) is 0 Å². The normalized spacial score (nSPS) is 10.8. The van der Waals surface area contributed by atoms with Gasteiger partial charge in [0.1, 0.15) is 18.0 Å². The molecule has 0 aliphatic carbocycles. The Hall–Kier alpha value is -2.24. The molecule has 0 unspecified atom stereocenters. The number of aromatic nitrogens is 2. The van der Waals surface area contributed by atoms with E-state index in [-0.39, 0.29) is 6.54 Å². The molecule has 112 valence electrons. The van der Waals surface area contributed by atoms with Crippen molar-refractivity contribution < 1.29 is 14.6 Å². The Morgan fingerprint density at radius 3 is 2.77 bits per heavy atom. The Bertz CT molecular complexity index is 861. The molecule has 0 atom stereocenters. The van der Waals surface area contributed by atoms with Gasteiger partial charge in [-0.1, -0.05) is 23.2 Å². The summed E-state index contributed by atoms with van der Waals surface area (Å²) in [5, 5.41) is 14.6. The van der Waals surface area contributed by atoms with Crippen LogP contribution in [-0.2, 0) is 11.3 Å². The average Bonchev–Trinajstić information content (AvgIpc) is 2.84. The van der Waals surface area contributed by atoms with Gasteiger partial charge in [-0.05, 0) is 36.4 Å². The second kappa shape index (κ2) is 5.87. The molecule has 7 heteroatoms. The molecule has 0 aliphatic heterocycles. The Labute approximate surface area is 135 Å². The maximum absolute atomic E-state index is 10.8. The zero-order valence-electron chi connectivity index (χ0n) is 11.2. The number of rotatable bonds is 4. The number of carboxylic acid groups (broad SMARTS) is 1. The van der Waals surface area contributed by atoms with Crippen LogP contribution in [0.25, 0.3) is 10.9 Å². The van der Waals surface area contributed by atoms with E-state index in [1.807, 2.05) is 0 Å². The lowest BCUT2D eigenvalue weighted by atomic mass is 10.2. The van der Waals surface area contributed by atoms with Crippen LogP contribution in [0.1, 0.15) is 0 Å². The molecule has 0 fully saturated rings. The third-order valence-electron chi connectivity index (χ3n) is 3.02. The molecule has 0 saturated carbocycles. The highest BCUT2D eigenvalue weighted by molar-refractivity contribution is 6.35. The van der Waals surface area contributed by atoms with Gasteiger partial charge in [0.25, 0.3) is 0 Å². The SMILES string of the molecule is O=C(O)Cn1ncc2cc(Oc3ccc(Cl)cc3Cl)ccc21. The first kappa shape index (κ1) is 14.7. The van der Waals surface area contributed by atoms with Crippen LogP contribution in [0.5, 0.6) is 11.5 Å². The zero-order chi connectivity index (χ0) is 15.7. The summed E-state index contributed by atoms with van der Waals surface area (Å²) in [6, 6.07) is 10.2. The van der Waals surface area contributed by atoms with Gasteiger partial charge in [0.15, 0.2) is 0 Å². The first-order valence-electron chi connectivity index (χ1n) is 6.33. The molecule has 1 aromatic heterocycles.